The molecule has 1 heterocycles. The normalized spacial score (nSPS) is 11.9. The lowest BCUT2D eigenvalue weighted by molar-refractivity contribution is -0.141. The van der Waals surface area contributed by atoms with Crippen molar-refractivity contribution in [3.8, 4) is 0 Å². The van der Waals surface area contributed by atoms with Gasteiger partial charge in [-0.15, -0.1) is 0 Å². The van der Waals surface area contributed by atoms with Gasteiger partial charge < -0.3 is 15.0 Å². The van der Waals surface area contributed by atoms with Crippen LogP contribution in [-0.2, 0) is 16.1 Å². The lowest BCUT2D eigenvalue weighted by Crippen LogP contribution is -2.40. The summed E-state index contributed by atoms with van der Waals surface area (Å²) in [6, 6.07) is 2.68. The molecule has 0 saturated carbocycles. The molecule has 6 nitrogen and oxygen atoms in total. The summed E-state index contributed by atoms with van der Waals surface area (Å²) < 4.78 is 1.55. The summed E-state index contributed by atoms with van der Waals surface area (Å²) >= 11 is 0. The molecule has 0 bridgehead atoms. The van der Waals surface area contributed by atoms with E-state index in [1.165, 1.54) is 0 Å². The Bertz CT molecular complexity index is 536. The van der Waals surface area contributed by atoms with Gasteiger partial charge in [0.15, 0.2) is 0 Å². The van der Waals surface area contributed by atoms with Gasteiger partial charge >= 0.3 is 5.97 Å². The van der Waals surface area contributed by atoms with Crippen molar-refractivity contribution in [2.75, 3.05) is 0 Å². The van der Waals surface area contributed by atoms with Gasteiger partial charge in [0.1, 0.15) is 6.04 Å². The molecule has 6 heteroatoms. The fourth-order valence-electron chi connectivity index (χ4n) is 1.85. The lowest BCUT2D eigenvalue weighted by Gasteiger charge is -2.12. The summed E-state index contributed by atoms with van der Waals surface area (Å²) in [7, 11) is 0. The van der Waals surface area contributed by atoms with Crippen LogP contribution in [0.1, 0.15) is 31.7 Å². The maximum atomic E-state index is 11.7. The van der Waals surface area contributed by atoms with Gasteiger partial charge in [0.05, 0.1) is 0 Å². The van der Waals surface area contributed by atoms with E-state index in [-0.39, 0.29) is 17.9 Å². The minimum absolute atomic E-state index is 0.0649. The van der Waals surface area contributed by atoms with Gasteiger partial charge in [0.25, 0.3) is 5.56 Å². The number of aromatic nitrogens is 1. The van der Waals surface area contributed by atoms with E-state index >= 15 is 0 Å². The van der Waals surface area contributed by atoms with E-state index < -0.39 is 12.0 Å². The summed E-state index contributed by atoms with van der Waals surface area (Å²) in [4.78, 5) is 34.1. The highest BCUT2D eigenvalue weighted by molar-refractivity contribution is 5.83. The van der Waals surface area contributed by atoms with Crippen molar-refractivity contribution in [3.63, 3.8) is 0 Å². The molecule has 0 radical (unpaired) electrons. The topological polar surface area (TPSA) is 88.4 Å². The zero-order valence-electron chi connectivity index (χ0n) is 11.8. The second-order valence-electron chi connectivity index (χ2n) is 4.66. The van der Waals surface area contributed by atoms with Gasteiger partial charge in [-0.3, -0.25) is 9.59 Å². The molecule has 0 aromatic carbocycles. The molecule has 0 spiro atoms. The first kappa shape index (κ1) is 15.9. The molecule has 0 saturated heterocycles. The Morgan fingerprint density at radius 3 is 2.75 bits per heavy atom. The van der Waals surface area contributed by atoms with Crippen LogP contribution in [0.3, 0.4) is 0 Å². The molecular formula is C14H20N2O4. The third-order valence-corrected chi connectivity index (χ3v) is 3.05. The van der Waals surface area contributed by atoms with Crippen molar-refractivity contribution >= 4 is 11.9 Å². The van der Waals surface area contributed by atoms with Crippen LogP contribution in [0.4, 0.5) is 0 Å². The maximum absolute atomic E-state index is 11.7. The number of carbonyl (C=O) groups is 2. The second-order valence-corrected chi connectivity index (χ2v) is 4.66. The van der Waals surface area contributed by atoms with Crippen LogP contribution >= 0.6 is 0 Å². The number of aryl methyl sites for hydroxylation is 2. The molecule has 0 aliphatic heterocycles. The first-order valence-electron chi connectivity index (χ1n) is 6.64. The van der Waals surface area contributed by atoms with E-state index in [1.54, 1.807) is 36.7 Å². The van der Waals surface area contributed by atoms with Crippen LogP contribution in [0, 0.1) is 6.92 Å². The predicted octanol–water partition coefficient (Wildman–Crippen LogP) is 0.916. The SMILES string of the molecule is CCC(NC(=O)CCCn1cccc(C)c1=O)C(=O)O. The van der Waals surface area contributed by atoms with E-state index in [9.17, 15) is 14.4 Å². The quantitative estimate of drug-likeness (QED) is 0.777. The average molecular weight is 280 g/mol. The van der Waals surface area contributed by atoms with Gasteiger partial charge in [0, 0.05) is 24.7 Å². The highest BCUT2D eigenvalue weighted by atomic mass is 16.4. The number of hydrogen-bond donors (Lipinski definition) is 2. The van der Waals surface area contributed by atoms with E-state index in [4.69, 9.17) is 5.11 Å². The maximum Gasteiger partial charge on any atom is 0.326 e. The first-order chi connectivity index (χ1) is 9.45. The van der Waals surface area contributed by atoms with Crippen LogP contribution in [0.25, 0.3) is 0 Å². The molecule has 1 aromatic rings. The fourth-order valence-corrected chi connectivity index (χ4v) is 1.85. The van der Waals surface area contributed by atoms with Crippen LogP contribution in [0.15, 0.2) is 23.1 Å². The molecule has 2 N–H and O–H groups in total. The first-order valence-corrected chi connectivity index (χ1v) is 6.64. The molecule has 1 amide bonds. The predicted molar refractivity (Wildman–Crippen MR) is 74.5 cm³/mol. The molecule has 20 heavy (non-hydrogen) atoms. The number of carboxylic acid groups (broad SMARTS) is 1. The summed E-state index contributed by atoms with van der Waals surface area (Å²) in [6.45, 7) is 3.88. The monoisotopic (exact) mass is 280 g/mol. The summed E-state index contributed by atoms with van der Waals surface area (Å²) in [5.41, 5.74) is 0.596. The van der Waals surface area contributed by atoms with Crippen LogP contribution in [-0.4, -0.2) is 27.6 Å². The highest BCUT2D eigenvalue weighted by Crippen LogP contribution is 1.98. The van der Waals surface area contributed by atoms with Crippen molar-refractivity contribution in [2.45, 2.75) is 45.7 Å². The van der Waals surface area contributed by atoms with Crippen LogP contribution < -0.4 is 10.9 Å². The highest BCUT2D eigenvalue weighted by Gasteiger charge is 2.16. The van der Waals surface area contributed by atoms with Crippen molar-refractivity contribution in [2.24, 2.45) is 0 Å². The van der Waals surface area contributed by atoms with Crippen molar-refractivity contribution in [3.05, 3.63) is 34.2 Å². The number of nitrogens with zero attached hydrogens (tertiary/aromatic N) is 1. The molecule has 0 fully saturated rings. The fraction of sp³-hybridized carbons (Fsp3) is 0.500. The lowest BCUT2D eigenvalue weighted by atomic mass is 10.2. The molecule has 1 unspecified atom stereocenters. The van der Waals surface area contributed by atoms with Crippen molar-refractivity contribution < 1.29 is 14.7 Å². The number of carbonyl (C=O) groups excluding carboxylic acids is 1. The Morgan fingerprint density at radius 1 is 1.45 bits per heavy atom. The molecular weight excluding hydrogens is 260 g/mol. The minimum atomic E-state index is -1.03. The van der Waals surface area contributed by atoms with Gasteiger partial charge in [-0.05, 0) is 25.8 Å². The standard InChI is InChI=1S/C14H20N2O4/c1-3-11(14(19)20)15-12(17)7-5-9-16-8-4-6-10(2)13(16)18/h4,6,8,11H,3,5,7,9H2,1-2H3,(H,15,17)(H,19,20). The van der Waals surface area contributed by atoms with E-state index in [2.05, 4.69) is 5.32 Å². The zero-order chi connectivity index (χ0) is 15.1. The van der Waals surface area contributed by atoms with Gasteiger partial charge in [-0.2, -0.15) is 0 Å². The Hall–Kier alpha value is -2.11. The number of amides is 1. The van der Waals surface area contributed by atoms with Crippen LogP contribution in [0.5, 0.6) is 0 Å². The minimum Gasteiger partial charge on any atom is -0.480 e. The zero-order valence-corrected chi connectivity index (χ0v) is 11.8. The molecule has 0 aliphatic rings. The van der Waals surface area contributed by atoms with Crippen molar-refractivity contribution in [1.29, 1.82) is 0 Å². The summed E-state index contributed by atoms with van der Waals surface area (Å²) in [5, 5.41) is 11.3. The Labute approximate surface area is 117 Å². The average Bonchev–Trinajstić information content (AvgIpc) is 2.40. The summed E-state index contributed by atoms with van der Waals surface area (Å²) in [5.74, 6) is -1.34. The van der Waals surface area contributed by atoms with E-state index in [1.807, 2.05) is 0 Å². The number of aliphatic carboxylic acids is 1. The van der Waals surface area contributed by atoms with E-state index in [0.29, 0.717) is 24.9 Å². The third-order valence-electron chi connectivity index (χ3n) is 3.05. The van der Waals surface area contributed by atoms with E-state index in [0.717, 1.165) is 0 Å². The molecule has 1 rings (SSSR count). The van der Waals surface area contributed by atoms with Gasteiger partial charge in [-0.25, -0.2) is 4.79 Å². The number of hydrogen-bond acceptors (Lipinski definition) is 3. The Balaban J connectivity index is 2.44. The van der Waals surface area contributed by atoms with Crippen molar-refractivity contribution in [1.82, 2.24) is 9.88 Å². The smallest absolute Gasteiger partial charge is 0.326 e. The largest absolute Gasteiger partial charge is 0.480 e. The van der Waals surface area contributed by atoms with Gasteiger partial charge in [-0.1, -0.05) is 13.0 Å². The number of carboxylic acids is 1. The van der Waals surface area contributed by atoms with Crippen LogP contribution in [0.2, 0.25) is 0 Å². The molecule has 110 valence electrons. The molecule has 1 aromatic heterocycles. The second kappa shape index (κ2) is 7.47. The Morgan fingerprint density at radius 2 is 2.15 bits per heavy atom. The Kier molecular flexibility index (Phi) is 5.96. The molecule has 0 aliphatic carbocycles. The number of rotatable bonds is 7. The van der Waals surface area contributed by atoms with Gasteiger partial charge in [0.2, 0.25) is 5.91 Å². The summed E-state index contributed by atoms with van der Waals surface area (Å²) in [6.07, 6.45) is 2.72. The third kappa shape index (κ3) is 4.53. The molecule has 1 atom stereocenters. The number of nitrogens with one attached hydrogen (secondary N) is 1. The number of pyridine rings is 1.